The Hall–Kier alpha value is -1.37. The Morgan fingerprint density at radius 2 is 2.05 bits per heavy atom. The first-order valence-electron chi connectivity index (χ1n) is 6.79. The van der Waals surface area contributed by atoms with Crippen molar-refractivity contribution in [1.82, 2.24) is 4.31 Å². The van der Waals surface area contributed by atoms with Crippen molar-refractivity contribution in [3.63, 3.8) is 0 Å². The summed E-state index contributed by atoms with van der Waals surface area (Å²) in [4.78, 5) is 0. The van der Waals surface area contributed by atoms with E-state index < -0.39 is 10.0 Å². The van der Waals surface area contributed by atoms with Gasteiger partial charge in [0.1, 0.15) is 9.96 Å². The summed E-state index contributed by atoms with van der Waals surface area (Å²) in [5, 5.41) is 1.79. The van der Waals surface area contributed by atoms with Crippen molar-refractivity contribution in [2.45, 2.75) is 16.5 Å². The molecule has 0 bridgehead atoms. The fraction of sp³-hybridized carbons (Fsp3) is 0.333. The normalized spacial score (nSPS) is 19.8. The van der Waals surface area contributed by atoms with Gasteiger partial charge < -0.3 is 4.74 Å². The SMILES string of the molecule is COc1ccccc1[C@@H]1CCN(S(=O)(=O)c2cccs2)C1. The minimum atomic E-state index is -3.34. The molecule has 1 aliphatic rings. The van der Waals surface area contributed by atoms with Crippen molar-refractivity contribution < 1.29 is 13.2 Å². The van der Waals surface area contributed by atoms with Gasteiger partial charge in [0.25, 0.3) is 10.0 Å². The van der Waals surface area contributed by atoms with Crippen molar-refractivity contribution in [2.24, 2.45) is 0 Å². The summed E-state index contributed by atoms with van der Waals surface area (Å²) in [6.45, 7) is 1.07. The molecule has 3 rings (SSSR count). The molecule has 0 aliphatic carbocycles. The van der Waals surface area contributed by atoms with Crippen LogP contribution in [0.3, 0.4) is 0 Å². The zero-order valence-electron chi connectivity index (χ0n) is 11.7. The van der Waals surface area contributed by atoms with Crippen molar-refractivity contribution in [1.29, 1.82) is 0 Å². The van der Waals surface area contributed by atoms with Crippen LogP contribution < -0.4 is 4.74 Å². The number of benzene rings is 1. The van der Waals surface area contributed by atoms with Crippen molar-refractivity contribution >= 4 is 21.4 Å². The molecular weight excluding hydrogens is 306 g/mol. The molecule has 1 fully saturated rings. The summed E-state index contributed by atoms with van der Waals surface area (Å²) >= 11 is 1.27. The molecule has 6 heteroatoms. The van der Waals surface area contributed by atoms with E-state index in [0.717, 1.165) is 17.7 Å². The summed E-state index contributed by atoms with van der Waals surface area (Å²) in [7, 11) is -1.70. The van der Waals surface area contributed by atoms with Crippen LogP contribution in [-0.2, 0) is 10.0 Å². The highest BCUT2D eigenvalue weighted by atomic mass is 32.2. The quantitative estimate of drug-likeness (QED) is 0.869. The summed E-state index contributed by atoms with van der Waals surface area (Å²) in [5.74, 6) is 1.02. The maximum absolute atomic E-state index is 12.5. The van der Waals surface area contributed by atoms with Crippen molar-refractivity contribution in [3.8, 4) is 5.75 Å². The fourth-order valence-electron chi connectivity index (χ4n) is 2.74. The molecule has 21 heavy (non-hydrogen) atoms. The summed E-state index contributed by atoms with van der Waals surface area (Å²) in [6, 6.07) is 11.3. The Balaban J connectivity index is 1.83. The molecule has 2 heterocycles. The van der Waals surface area contributed by atoms with Gasteiger partial charge in [0.2, 0.25) is 0 Å². The molecule has 1 aromatic heterocycles. The molecule has 1 atom stereocenters. The lowest BCUT2D eigenvalue weighted by molar-refractivity contribution is 0.405. The maximum atomic E-state index is 12.5. The Morgan fingerprint density at radius 1 is 1.24 bits per heavy atom. The second-order valence-corrected chi connectivity index (χ2v) is 8.14. The molecule has 2 aromatic rings. The van der Waals surface area contributed by atoms with Crippen LogP contribution in [0.25, 0.3) is 0 Å². The monoisotopic (exact) mass is 323 g/mol. The van der Waals surface area contributed by atoms with Gasteiger partial charge in [-0.3, -0.25) is 0 Å². The predicted molar refractivity (Wildman–Crippen MR) is 83.4 cm³/mol. The Labute approximate surface area is 129 Å². The van der Waals surface area contributed by atoms with Crippen molar-refractivity contribution in [3.05, 3.63) is 47.3 Å². The van der Waals surface area contributed by atoms with Crippen LogP contribution >= 0.6 is 11.3 Å². The zero-order valence-corrected chi connectivity index (χ0v) is 13.4. The van der Waals surface area contributed by atoms with Gasteiger partial charge in [0.05, 0.1) is 7.11 Å². The highest BCUT2D eigenvalue weighted by Gasteiger charge is 2.34. The van der Waals surface area contributed by atoms with E-state index in [2.05, 4.69) is 0 Å². The minimum absolute atomic E-state index is 0.191. The van der Waals surface area contributed by atoms with E-state index in [9.17, 15) is 8.42 Å². The molecular formula is C15H17NO3S2. The highest BCUT2D eigenvalue weighted by molar-refractivity contribution is 7.91. The van der Waals surface area contributed by atoms with E-state index in [1.54, 1.807) is 28.9 Å². The molecule has 0 amide bonds. The van der Waals surface area contributed by atoms with Crippen LogP contribution in [0, 0.1) is 0 Å². The lowest BCUT2D eigenvalue weighted by atomic mass is 9.97. The minimum Gasteiger partial charge on any atom is -0.496 e. The van der Waals surface area contributed by atoms with Gasteiger partial charge in [-0.25, -0.2) is 8.42 Å². The lowest BCUT2D eigenvalue weighted by Gasteiger charge is -2.17. The maximum Gasteiger partial charge on any atom is 0.252 e. The van der Waals surface area contributed by atoms with Gasteiger partial charge in [-0.2, -0.15) is 4.31 Å². The number of sulfonamides is 1. The third-order valence-corrected chi connectivity index (χ3v) is 7.06. The molecule has 0 radical (unpaired) electrons. The summed E-state index contributed by atoms with van der Waals surface area (Å²) in [6.07, 6.45) is 0.824. The van der Waals surface area contributed by atoms with E-state index in [1.807, 2.05) is 24.3 Å². The van der Waals surface area contributed by atoms with Gasteiger partial charge >= 0.3 is 0 Å². The molecule has 0 spiro atoms. The Kier molecular flexibility index (Phi) is 4.01. The molecule has 1 saturated heterocycles. The van der Waals surface area contributed by atoms with E-state index in [1.165, 1.54) is 11.3 Å². The molecule has 1 aromatic carbocycles. The smallest absolute Gasteiger partial charge is 0.252 e. The number of methoxy groups -OCH3 is 1. The van der Waals surface area contributed by atoms with E-state index >= 15 is 0 Å². The Morgan fingerprint density at radius 3 is 2.76 bits per heavy atom. The topological polar surface area (TPSA) is 46.6 Å². The Bertz CT molecular complexity index is 710. The predicted octanol–water partition coefficient (Wildman–Crippen LogP) is 2.93. The molecule has 0 saturated carbocycles. The average Bonchev–Trinajstić information content (AvgIpc) is 3.18. The third kappa shape index (κ3) is 2.71. The molecule has 0 unspecified atom stereocenters. The third-order valence-electron chi connectivity index (χ3n) is 3.82. The first-order valence-corrected chi connectivity index (χ1v) is 9.11. The van der Waals surface area contributed by atoms with Crippen LogP contribution in [0.4, 0.5) is 0 Å². The summed E-state index contributed by atoms with van der Waals surface area (Å²) < 4.78 is 32.4. The average molecular weight is 323 g/mol. The van der Waals surface area contributed by atoms with Gasteiger partial charge in [-0.05, 0) is 29.5 Å². The van der Waals surface area contributed by atoms with Gasteiger partial charge in [-0.1, -0.05) is 24.3 Å². The van der Waals surface area contributed by atoms with Crippen LogP contribution in [0.1, 0.15) is 17.9 Å². The van der Waals surface area contributed by atoms with Gasteiger partial charge in [-0.15, -0.1) is 11.3 Å². The number of rotatable bonds is 4. The molecule has 4 nitrogen and oxygen atoms in total. The van der Waals surface area contributed by atoms with E-state index in [-0.39, 0.29) is 5.92 Å². The van der Waals surface area contributed by atoms with Gasteiger partial charge in [0.15, 0.2) is 0 Å². The van der Waals surface area contributed by atoms with Crippen LogP contribution in [0.2, 0.25) is 0 Å². The first kappa shape index (κ1) is 14.6. The number of para-hydroxylation sites is 1. The standard InChI is InChI=1S/C15H17NO3S2/c1-19-14-6-3-2-5-13(14)12-8-9-16(11-12)21(17,18)15-7-4-10-20-15/h2-7,10,12H,8-9,11H2,1H3/t12-/m1/s1. The van der Waals surface area contributed by atoms with E-state index in [4.69, 9.17) is 4.74 Å². The summed E-state index contributed by atoms with van der Waals surface area (Å²) in [5.41, 5.74) is 1.09. The molecule has 112 valence electrons. The zero-order chi connectivity index (χ0) is 14.9. The number of nitrogens with zero attached hydrogens (tertiary/aromatic N) is 1. The largest absolute Gasteiger partial charge is 0.496 e. The molecule has 0 N–H and O–H groups in total. The number of ether oxygens (including phenoxy) is 1. The van der Waals surface area contributed by atoms with Crippen LogP contribution in [-0.4, -0.2) is 32.9 Å². The highest BCUT2D eigenvalue weighted by Crippen LogP contribution is 2.36. The molecule has 1 aliphatic heterocycles. The number of thiophene rings is 1. The fourth-order valence-corrected chi connectivity index (χ4v) is 5.39. The van der Waals surface area contributed by atoms with Crippen LogP contribution in [0.5, 0.6) is 5.75 Å². The van der Waals surface area contributed by atoms with Crippen molar-refractivity contribution in [2.75, 3.05) is 20.2 Å². The number of hydrogen-bond acceptors (Lipinski definition) is 4. The van der Waals surface area contributed by atoms with E-state index in [0.29, 0.717) is 17.3 Å². The number of hydrogen-bond donors (Lipinski definition) is 0. The second kappa shape index (κ2) is 5.79. The van der Waals surface area contributed by atoms with Gasteiger partial charge in [0, 0.05) is 19.0 Å². The lowest BCUT2D eigenvalue weighted by Crippen LogP contribution is -2.28. The first-order chi connectivity index (χ1) is 10.1. The second-order valence-electron chi connectivity index (χ2n) is 5.02. The van der Waals surface area contributed by atoms with Crippen LogP contribution in [0.15, 0.2) is 46.0 Å².